The number of primary amides is 1. The van der Waals surface area contributed by atoms with Gasteiger partial charge < -0.3 is 25.8 Å². The molecule has 0 unspecified atom stereocenters. The Morgan fingerprint density at radius 3 is 2.29 bits per heavy atom. The van der Waals surface area contributed by atoms with E-state index in [4.69, 9.17) is 10.5 Å². The van der Waals surface area contributed by atoms with Gasteiger partial charge >= 0.3 is 0 Å². The zero-order chi connectivity index (χ0) is 39.5. The average Bonchev–Trinajstić information content (AvgIpc) is 3.82. The first-order valence-electron chi connectivity index (χ1n) is 19.0. The van der Waals surface area contributed by atoms with Crippen molar-refractivity contribution in [2.75, 3.05) is 19.8 Å². The number of carbonyl (C=O) groups is 5. The summed E-state index contributed by atoms with van der Waals surface area (Å²) in [7, 11) is -3.78. The normalized spacial score (nSPS) is 22.5. The third-order valence-corrected chi connectivity index (χ3v) is 12.8. The van der Waals surface area contributed by atoms with Crippen LogP contribution < -0.4 is 15.8 Å². The highest BCUT2D eigenvalue weighted by Gasteiger charge is 2.49. The van der Waals surface area contributed by atoms with E-state index >= 15 is 0 Å². The number of benzene rings is 1. The first-order valence-corrected chi connectivity index (χ1v) is 20.5. The largest absolute Gasteiger partial charge is 0.384 e. The Bertz CT molecular complexity index is 1920. The first-order chi connectivity index (χ1) is 26.1. The predicted octanol–water partition coefficient (Wildman–Crippen LogP) is 1.45. The highest BCUT2D eigenvalue weighted by atomic mass is 32.2. The summed E-state index contributed by atoms with van der Waals surface area (Å²) >= 11 is 0. The number of rotatable bonds is 13. The minimum absolute atomic E-state index is 0.00314. The molecule has 2 aromatic rings. The Morgan fingerprint density at radius 1 is 1.02 bits per heavy atom. The van der Waals surface area contributed by atoms with Crippen molar-refractivity contribution < 1.29 is 42.2 Å². The minimum Gasteiger partial charge on any atom is -0.384 e. The number of amides is 4. The summed E-state index contributed by atoms with van der Waals surface area (Å²) in [5.74, 6) is -4.26. The fraction of sp³-hybridized carbons (Fsp3) is 0.622. The topological polar surface area (TPSA) is 245 Å². The lowest BCUT2D eigenvalue weighted by Crippen LogP contribution is -2.63. The second-order valence-electron chi connectivity index (χ2n) is 15.7. The van der Waals surface area contributed by atoms with Gasteiger partial charge in [0, 0.05) is 50.6 Å². The van der Waals surface area contributed by atoms with Crippen LogP contribution in [0.25, 0.3) is 0 Å². The zero-order valence-electron chi connectivity index (χ0n) is 31.2. The molecule has 2 saturated carbocycles. The number of likely N-dealkylation sites (tertiary alicyclic amines) is 1. The molecule has 2 aliphatic heterocycles. The Kier molecular flexibility index (Phi) is 12.0. The van der Waals surface area contributed by atoms with Crippen molar-refractivity contribution in [1.29, 1.82) is 0 Å². The fourth-order valence-corrected chi connectivity index (χ4v) is 9.19. The molecule has 4 fully saturated rings. The van der Waals surface area contributed by atoms with Crippen LogP contribution in [0.3, 0.4) is 0 Å². The third-order valence-electron chi connectivity index (χ3n) is 11.3. The van der Waals surface area contributed by atoms with Gasteiger partial charge in [0.05, 0.1) is 22.8 Å². The summed E-state index contributed by atoms with van der Waals surface area (Å²) in [4.78, 5) is 73.7. The Balaban J connectivity index is 1.33. The lowest BCUT2D eigenvalue weighted by Gasteiger charge is -2.37. The van der Waals surface area contributed by atoms with Crippen LogP contribution in [0.15, 0.2) is 40.4 Å². The number of ketones is 1. The number of aliphatic hydroxyl groups is 1. The van der Waals surface area contributed by atoms with Gasteiger partial charge in [-0.15, -0.1) is 5.10 Å². The third kappa shape index (κ3) is 9.03. The van der Waals surface area contributed by atoms with Crippen LogP contribution in [0.4, 0.5) is 0 Å². The Hall–Kier alpha value is -4.39. The number of carbonyl (C=O) groups excluding carboxylic acids is 5. The number of ether oxygens (including phenoxy) is 1. The number of nitrogens with one attached hydrogen (secondary N) is 2. The van der Waals surface area contributed by atoms with E-state index in [1.165, 1.54) is 40.0 Å². The van der Waals surface area contributed by atoms with E-state index in [1.807, 2.05) is 0 Å². The van der Waals surface area contributed by atoms with Crippen molar-refractivity contribution >= 4 is 45.1 Å². The lowest BCUT2D eigenvalue weighted by molar-refractivity contribution is -0.146. The van der Waals surface area contributed by atoms with Gasteiger partial charge in [0.15, 0.2) is 0 Å². The lowest BCUT2D eigenvalue weighted by atomic mass is 9.84. The molecule has 1 aromatic carbocycles. The number of hydrogen-bond donors (Lipinski definition) is 4. The van der Waals surface area contributed by atoms with Crippen LogP contribution >= 0.6 is 0 Å². The summed E-state index contributed by atoms with van der Waals surface area (Å²) < 4.78 is 35.3. The standard InChI is InChI=1S/C37H50N8O9S/c1-36(2,51)30-21-39-43-45(30)26-20-29(34(49)41-37(31(46)32(38)47)15-17-54-18-16-37)44(22-26)35(50)28(19-23-7-4-3-5-8-23)40-33(48)24-11-13-27(14-12-24)55(52,53)42-25-9-6-10-25/h11-14,21,23,25-26,29,42,51H,3-10,15-20,22H2,1-2H3,(H2,38,47)(H,41,49)/t26-,29-/m0/s1. The van der Waals surface area contributed by atoms with E-state index in [0.29, 0.717) is 5.69 Å². The number of nitrogens with two attached hydrogens (primary N) is 1. The molecule has 0 radical (unpaired) electrons. The van der Waals surface area contributed by atoms with E-state index < -0.39 is 62.7 Å². The quantitative estimate of drug-likeness (QED) is 0.167. The molecular formula is C37H50N8O9S. The molecule has 55 heavy (non-hydrogen) atoms. The molecule has 1 aromatic heterocycles. The summed E-state index contributed by atoms with van der Waals surface area (Å²) in [6, 6.07) is 3.39. The molecular weight excluding hydrogens is 733 g/mol. The van der Waals surface area contributed by atoms with Crippen molar-refractivity contribution in [3.05, 3.63) is 41.7 Å². The van der Waals surface area contributed by atoms with Crippen LogP contribution in [-0.4, -0.2) is 106 Å². The molecule has 5 N–H and O–H groups in total. The van der Waals surface area contributed by atoms with Crippen molar-refractivity contribution in [2.24, 2.45) is 16.6 Å². The number of aliphatic imine (C=N–C) groups is 1. The van der Waals surface area contributed by atoms with Gasteiger partial charge in [0.1, 0.15) is 22.9 Å². The molecule has 2 aliphatic carbocycles. The van der Waals surface area contributed by atoms with Crippen LogP contribution in [-0.2, 0) is 39.5 Å². The molecule has 0 spiro atoms. The van der Waals surface area contributed by atoms with Crippen molar-refractivity contribution in [3.63, 3.8) is 0 Å². The van der Waals surface area contributed by atoms with E-state index in [2.05, 4.69) is 25.3 Å². The van der Waals surface area contributed by atoms with Gasteiger partial charge in [0.25, 0.3) is 17.7 Å². The number of sulfonamides is 1. The molecule has 3 heterocycles. The monoisotopic (exact) mass is 782 g/mol. The second kappa shape index (κ2) is 16.4. The molecule has 2 atom stereocenters. The van der Waals surface area contributed by atoms with Crippen molar-refractivity contribution in [2.45, 2.75) is 125 Å². The zero-order valence-corrected chi connectivity index (χ0v) is 32.1. The molecule has 4 amide bonds. The highest BCUT2D eigenvalue weighted by Crippen LogP contribution is 2.34. The van der Waals surface area contributed by atoms with Gasteiger partial charge in [-0.3, -0.25) is 24.0 Å². The van der Waals surface area contributed by atoms with Crippen LogP contribution in [0.1, 0.15) is 113 Å². The fourth-order valence-electron chi connectivity index (χ4n) is 7.89. The number of aromatic nitrogens is 3. The SMILES string of the molecule is CC(C)(O)c1cnnn1[C@H]1C[C@@H](C(=O)NC2(C(=O)C(N)=O)CCOCC2)N(C(=O)C(CC2CCCCC2)=NC(=O)c2ccc(S(=O)(=O)NC3CCC3)cc2)C1. The van der Waals surface area contributed by atoms with Gasteiger partial charge in [-0.2, -0.15) is 0 Å². The van der Waals surface area contributed by atoms with Gasteiger partial charge in [0.2, 0.25) is 21.7 Å². The Morgan fingerprint density at radius 2 is 1.69 bits per heavy atom. The molecule has 298 valence electrons. The molecule has 2 saturated heterocycles. The summed E-state index contributed by atoms with van der Waals surface area (Å²) in [6.07, 6.45) is 8.64. The van der Waals surface area contributed by atoms with Crippen LogP contribution in [0, 0.1) is 5.92 Å². The maximum Gasteiger partial charge on any atom is 0.287 e. The molecule has 0 bridgehead atoms. The molecule has 18 heteroatoms. The number of nitrogens with zero attached hydrogens (tertiary/aromatic N) is 5. The first kappa shape index (κ1) is 40.3. The predicted molar refractivity (Wildman–Crippen MR) is 197 cm³/mol. The number of hydrogen-bond acceptors (Lipinski definition) is 11. The summed E-state index contributed by atoms with van der Waals surface area (Å²) in [5.41, 5.74) is 2.76. The molecule has 17 nitrogen and oxygen atoms in total. The van der Waals surface area contributed by atoms with Gasteiger partial charge in [-0.1, -0.05) is 43.7 Å². The highest BCUT2D eigenvalue weighted by molar-refractivity contribution is 7.89. The van der Waals surface area contributed by atoms with E-state index in [9.17, 15) is 37.5 Å². The van der Waals surface area contributed by atoms with E-state index in [-0.39, 0.29) is 73.6 Å². The maximum atomic E-state index is 14.8. The summed E-state index contributed by atoms with van der Waals surface area (Å²) in [6.45, 7) is 3.21. The van der Waals surface area contributed by atoms with Crippen LogP contribution in [0.5, 0.6) is 0 Å². The van der Waals surface area contributed by atoms with Gasteiger partial charge in [-0.25, -0.2) is 22.8 Å². The minimum atomic E-state index is -3.78. The van der Waals surface area contributed by atoms with Crippen LogP contribution in [0.2, 0.25) is 0 Å². The maximum absolute atomic E-state index is 14.8. The van der Waals surface area contributed by atoms with Crippen molar-refractivity contribution in [3.8, 4) is 0 Å². The average molecular weight is 783 g/mol. The number of Topliss-reactive ketones (excluding diaryl/α,β-unsaturated/α-hetero) is 1. The van der Waals surface area contributed by atoms with E-state index in [1.54, 1.807) is 13.8 Å². The molecule has 6 rings (SSSR count). The molecule has 4 aliphatic rings. The second-order valence-corrected chi connectivity index (χ2v) is 17.4. The van der Waals surface area contributed by atoms with Crippen molar-refractivity contribution in [1.82, 2.24) is 29.9 Å². The van der Waals surface area contributed by atoms with Gasteiger partial charge in [-0.05, 0) is 63.3 Å². The Labute approximate surface area is 319 Å². The summed E-state index contributed by atoms with van der Waals surface area (Å²) in [5, 5.41) is 21.8. The van der Waals surface area contributed by atoms with E-state index in [0.717, 1.165) is 51.4 Å². The smallest absolute Gasteiger partial charge is 0.287 e.